The Hall–Kier alpha value is -0.160. The van der Waals surface area contributed by atoms with E-state index in [2.05, 4.69) is 0 Å². The van der Waals surface area contributed by atoms with E-state index in [0.29, 0.717) is 6.61 Å². The zero-order chi connectivity index (χ0) is 11.7. The lowest BCUT2D eigenvalue weighted by Crippen LogP contribution is -2.51. The van der Waals surface area contributed by atoms with Crippen LogP contribution in [0, 0.1) is 0 Å². The van der Waals surface area contributed by atoms with Crippen LogP contribution in [-0.2, 0) is 14.3 Å². The van der Waals surface area contributed by atoms with E-state index in [0.717, 1.165) is 6.54 Å². The fourth-order valence-corrected chi connectivity index (χ4v) is 1.59. The van der Waals surface area contributed by atoms with Crippen molar-refractivity contribution in [1.29, 1.82) is 0 Å². The Kier molecular flexibility index (Phi) is 3.76. The molecule has 0 radical (unpaired) electrons. The molecule has 1 aliphatic rings. The summed E-state index contributed by atoms with van der Waals surface area (Å²) in [6.45, 7) is 11.3. The van der Waals surface area contributed by atoms with E-state index in [4.69, 9.17) is 14.3 Å². The topological polar surface area (TPSA) is 30.9 Å². The minimum atomic E-state index is -0.557. The third kappa shape index (κ3) is 4.93. The van der Waals surface area contributed by atoms with Gasteiger partial charge in [-0.05, 0) is 34.6 Å². The van der Waals surface area contributed by atoms with Crippen LogP contribution >= 0.6 is 0 Å². The molecule has 0 saturated carbocycles. The van der Waals surface area contributed by atoms with Crippen molar-refractivity contribution in [2.45, 2.75) is 52.1 Å². The minimum absolute atomic E-state index is 0.0676. The average molecular weight is 217 g/mol. The Morgan fingerprint density at radius 1 is 1.40 bits per heavy atom. The van der Waals surface area contributed by atoms with Crippen LogP contribution in [0.1, 0.15) is 34.6 Å². The molecule has 1 unspecified atom stereocenters. The quantitative estimate of drug-likeness (QED) is 0.705. The minimum Gasteiger partial charge on any atom is -0.373 e. The van der Waals surface area contributed by atoms with Crippen molar-refractivity contribution >= 4 is 0 Å². The van der Waals surface area contributed by atoms with Crippen LogP contribution < -0.4 is 0 Å². The summed E-state index contributed by atoms with van der Waals surface area (Å²) in [5, 5.41) is 1.81. The maximum Gasteiger partial charge on any atom is 0.182 e. The zero-order valence-electron chi connectivity index (χ0n) is 10.7. The van der Waals surface area contributed by atoms with Gasteiger partial charge in [0.1, 0.15) is 0 Å². The number of hydrogen-bond donors (Lipinski definition) is 0. The number of likely N-dealkylation sites (N-methyl/N-ethyl adjacent to an activating group) is 1. The fourth-order valence-electron chi connectivity index (χ4n) is 1.59. The van der Waals surface area contributed by atoms with Gasteiger partial charge in [-0.25, -0.2) is 0 Å². The predicted octanol–water partition coefficient (Wildman–Crippen LogP) is 1.80. The van der Waals surface area contributed by atoms with Gasteiger partial charge in [-0.2, -0.15) is 5.06 Å². The maximum absolute atomic E-state index is 5.75. The molecule has 0 amide bonds. The lowest BCUT2D eigenvalue weighted by Gasteiger charge is -2.40. The second-order valence-corrected chi connectivity index (χ2v) is 5.46. The monoisotopic (exact) mass is 217 g/mol. The van der Waals surface area contributed by atoms with Gasteiger partial charge >= 0.3 is 0 Å². The molecule has 0 bridgehead atoms. The molecule has 90 valence electrons. The van der Waals surface area contributed by atoms with Crippen molar-refractivity contribution in [3.05, 3.63) is 0 Å². The van der Waals surface area contributed by atoms with E-state index in [1.165, 1.54) is 0 Å². The fraction of sp³-hybridized carbons (Fsp3) is 1.00. The Morgan fingerprint density at radius 3 is 2.47 bits per heavy atom. The van der Waals surface area contributed by atoms with Crippen molar-refractivity contribution in [2.24, 2.45) is 0 Å². The summed E-state index contributed by atoms with van der Waals surface area (Å²) in [5.41, 5.74) is -0.121. The van der Waals surface area contributed by atoms with E-state index in [9.17, 15) is 0 Å². The van der Waals surface area contributed by atoms with Gasteiger partial charge < -0.3 is 9.47 Å². The number of hydroxylamine groups is 2. The van der Waals surface area contributed by atoms with E-state index in [1.54, 1.807) is 5.06 Å². The summed E-state index contributed by atoms with van der Waals surface area (Å²) < 4.78 is 11.5. The van der Waals surface area contributed by atoms with Crippen LogP contribution in [0.15, 0.2) is 0 Å². The van der Waals surface area contributed by atoms with Gasteiger partial charge in [0.2, 0.25) is 0 Å². The van der Waals surface area contributed by atoms with Crippen LogP contribution in [0.3, 0.4) is 0 Å². The van der Waals surface area contributed by atoms with Crippen molar-refractivity contribution in [3.63, 3.8) is 0 Å². The Bertz CT molecular complexity index is 210. The smallest absolute Gasteiger partial charge is 0.182 e. The normalized spacial score (nSPS) is 28.0. The summed E-state index contributed by atoms with van der Waals surface area (Å²) in [7, 11) is 1.91. The van der Waals surface area contributed by atoms with Gasteiger partial charge in [0, 0.05) is 7.05 Å². The van der Waals surface area contributed by atoms with Crippen molar-refractivity contribution in [2.75, 3.05) is 20.2 Å². The Morgan fingerprint density at radius 2 is 2.00 bits per heavy atom. The second-order valence-electron chi connectivity index (χ2n) is 5.46. The van der Waals surface area contributed by atoms with Crippen molar-refractivity contribution in [1.82, 2.24) is 5.06 Å². The van der Waals surface area contributed by atoms with Crippen LogP contribution in [0.5, 0.6) is 0 Å². The molecule has 0 N–H and O–H groups in total. The van der Waals surface area contributed by atoms with E-state index < -0.39 is 5.79 Å². The van der Waals surface area contributed by atoms with Gasteiger partial charge in [-0.1, -0.05) is 0 Å². The van der Waals surface area contributed by atoms with Gasteiger partial charge in [0.05, 0.1) is 24.9 Å². The molecule has 0 aromatic carbocycles. The highest BCUT2D eigenvalue weighted by Crippen LogP contribution is 2.22. The molecule has 4 heteroatoms. The number of nitrogens with zero attached hydrogens (tertiary/aromatic N) is 1. The first-order valence-corrected chi connectivity index (χ1v) is 5.40. The van der Waals surface area contributed by atoms with Crippen LogP contribution in [0.2, 0.25) is 0 Å². The molecule has 0 aromatic rings. The van der Waals surface area contributed by atoms with E-state index in [-0.39, 0.29) is 11.7 Å². The third-order valence-electron chi connectivity index (χ3n) is 1.99. The summed E-state index contributed by atoms with van der Waals surface area (Å²) >= 11 is 0. The van der Waals surface area contributed by atoms with Crippen LogP contribution in [0.25, 0.3) is 0 Å². The number of rotatable bonds is 2. The Labute approximate surface area is 92.4 Å². The molecule has 1 saturated heterocycles. The van der Waals surface area contributed by atoms with Crippen LogP contribution in [-0.4, -0.2) is 42.8 Å². The molecule has 1 fully saturated rings. The second kappa shape index (κ2) is 4.37. The first-order chi connectivity index (χ1) is 6.68. The van der Waals surface area contributed by atoms with E-state index in [1.807, 2.05) is 41.7 Å². The standard InChI is InChI=1S/C11H23NO3/c1-10(2,3)13-8-9-7-12(6)15-11(4,5)14-9/h9H,7-8H2,1-6H3. The lowest BCUT2D eigenvalue weighted by atomic mass is 10.2. The van der Waals surface area contributed by atoms with Gasteiger partial charge in [-0.15, -0.1) is 0 Å². The largest absolute Gasteiger partial charge is 0.373 e. The van der Waals surface area contributed by atoms with Crippen molar-refractivity contribution in [3.8, 4) is 0 Å². The lowest BCUT2D eigenvalue weighted by molar-refractivity contribution is -0.383. The summed E-state index contributed by atoms with van der Waals surface area (Å²) in [6.07, 6.45) is 0.0676. The molecule has 0 aliphatic carbocycles. The molecule has 0 aromatic heterocycles. The average Bonchev–Trinajstić information content (AvgIpc) is 1.95. The molecule has 1 atom stereocenters. The van der Waals surface area contributed by atoms with E-state index >= 15 is 0 Å². The predicted molar refractivity (Wildman–Crippen MR) is 58.4 cm³/mol. The molecule has 1 rings (SSSR count). The zero-order valence-corrected chi connectivity index (χ0v) is 10.7. The highest BCUT2D eigenvalue weighted by atomic mass is 16.8. The summed E-state index contributed by atoms with van der Waals surface area (Å²) in [6, 6.07) is 0. The van der Waals surface area contributed by atoms with Gasteiger partial charge in [-0.3, -0.25) is 4.84 Å². The number of hydrogen-bond acceptors (Lipinski definition) is 4. The van der Waals surface area contributed by atoms with Crippen LogP contribution in [0.4, 0.5) is 0 Å². The SMILES string of the molecule is CN1CC(COC(C)(C)C)OC(C)(C)O1. The molecule has 0 spiro atoms. The van der Waals surface area contributed by atoms with Crippen molar-refractivity contribution < 1.29 is 14.3 Å². The molecule has 1 aliphatic heterocycles. The summed E-state index contributed by atoms with van der Waals surface area (Å²) in [4.78, 5) is 5.49. The maximum atomic E-state index is 5.75. The summed E-state index contributed by atoms with van der Waals surface area (Å²) in [5.74, 6) is -0.557. The first-order valence-electron chi connectivity index (χ1n) is 5.40. The highest BCUT2D eigenvalue weighted by molar-refractivity contribution is 4.71. The third-order valence-corrected chi connectivity index (χ3v) is 1.99. The number of ether oxygens (including phenoxy) is 2. The van der Waals surface area contributed by atoms with Gasteiger partial charge in [0.25, 0.3) is 0 Å². The molecule has 4 nitrogen and oxygen atoms in total. The van der Waals surface area contributed by atoms with Gasteiger partial charge in [0.15, 0.2) is 5.79 Å². The molecule has 1 heterocycles. The molecule has 15 heavy (non-hydrogen) atoms. The highest BCUT2D eigenvalue weighted by Gasteiger charge is 2.33. The molecular formula is C11H23NO3. The Balaban J connectivity index is 2.42. The first kappa shape index (κ1) is 12.9. The molecular weight excluding hydrogens is 194 g/mol.